The number of aromatic nitrogens is 3. The Bertz CT molecular complexity index is 1620. The minimum Gasteiger partial charge on any atom is -0.462 e. The maximum atomic E-state index is 13.4. The quantitative estimate of drug-likeness (QED) is 0.0408. The zero-order valence-corrected chi connectivity index (χ0v) is 34.6. The predicted octanol–water partition coefficient (Wildman–Crippen LogP) is 2.03. The fraction of sp³-hybridized carbons (Fsp3) is 0.625. The molecule has 1 rings (SSSR count). The van der Waals surface area contributed by atoms with Crippen LogP contribution in [0.25, 0.3) is 0 Å². The van der Waals surface area contributed by atoms with E-state index in [1.54, 1.807) is 0 Å². The van der Waals surface area contributed by atoms with Crippen LogP contribution in [-0.4, -0.2) is 95.6 Å². The molecule has 1 aromatic heterocycles. The summed E-state index contributed by atoms with van der Waals surface area (Å²) < 4.78 is 24.0. The number of carbonyl (C=O) groups is 6. The molecule has 59 heavy (non-hydrogen) atoms. The molecular formula is C40H62N6O13. The molecule has 0 fully saturated rings. The lowest BCUT2D eigenvalue weighted by molar-refractivity contribution is -0.159. The summed E-state index contributed by atoms with van der Waals surface area (Å²) in [4.78, 5) is 110. The lowest BCUT2D eigenvalue weighted by atomic mass is 9.92. The van der Waals surface area contributed by atoms with Gasteiger partial charge < -0.3 is 34.9 Å². The molecule has 330 valence electrons. The van der Waals surface area contributed by atoms with Gasteiger partial charge in [-0.2, -0.15) is 0 Å². The summed E-state index contributed by atoms with van der Waals surface area (Å²) in [5.41, 5.74) is -3.45. The van der Waals surface area contributed by atoms with Gasteiger partial charge in [-0.3, -0.25) is 9.59 Å². The van der Waals surface area contributed by atoms with Crippen LogP contribution in [0.4, 0.5) is 4.79 Å². The van der Waals surface area contributed by atoms with E-state index in [1.807, 2.05) is 0 Å². The standard InChI is InChI=1S/C40H62N6O13/c1-6-33(49)56-27-40(28-57-34(50)7-2,29-58-35(51)8-3)30-59-36(52)43-23-17-11-14-20-26-46-38(54)44(24-18-12-9-15-21-41-31(4)47)37(53)45(39(46)55)25-19-13-10-16-22-42-32(5)48/h6-8H,1-3,9-30H2,4-5H3,(H,41,47)(H,42,48)(H,43,52). The second-order valence-corrected chi connectivity index (χ2v) is 13.9. The molecule has 3 amide bonds. The van der Waals surface area contributed by atoms with Gasteiger partial charge in [0.25, 0.3) is 0 Å². The molecular weight excluding hydrogens is 772 g/mol. The Kier molecular flexibility index (Phi) is 25.6. The van der Waals surface area contributed by atoms with Crippen molar-refractivity contribution in [2.45, 2.75) is 111 Å². The molecule has 0 spiro atoms. The van der Waals surface area contributed by atoms with Crippen molar-refractivity contribution in [2.75, 3.05) is 46.1 Å². The first kappa shape index (κ1) is 51.3. The topological polar surface area (TPSA) is 241 Å². The lowest BCUT2D eigenvalue weighted by Crippen LogP contribution is -2.54. The van der Waals surface area contributed by atoms with Gasteiger partial charge in [0.05, 0.1) is 0 Å². The molecule has 0 saturated heterocycles. The summed E-state index contributed by atoms with van der Waals surface area (Å²) in [5.74, 6) is -2.65. The molecule has 0 aromatic carbocycles. The number of carbonyl (C=O) groups excluding carboxylic acids is 6. The Hall–Kier alpha value is -5.75. The van der Waals surface area contributed by atoms with E-state index < -0.39 is 72.9 Å². The number of esters is 3. The lowest BCUT2D eigenvalue weighted by Gasteiger charge is -2.31. The van der Waals surface area contributed by atoms with Crippen LogP contribution in [0.1, 0.15) is 90.9 Å². The van der Waals surface area contributed by atoms with Gasteiger partial charge in [0.1, 0.15) is 31.8 Å². The first-order valence-electron chi connectivity index (χ1n) is 19.9. The summed E-state index contributed by atoms with van der Waals surface area (Å²) in [6, 6.07) is 0. The van der Waals surface area contributed by atoms with Crippen LogP contribution in [-0.2, 0) is 62.6 Å². The molecule has 19 heteroatoms. The van der Waals surface area contributed by atoms with Gasteiger partial charge in [-0.05, 0) is 38.5 Å². The number of rotatable bonds is 32. The summed E-state index contributed by atoms with van der Waals surface area (Å²) in [6.45, 7) is 12.7. The van der Waals surface area contributed by atoms with Gasteiger partial charge in [-0.1, -0.05) is 58.3 Å². The molecule has 1 heterocycles. The molecule has 0 radical (unpaired) electrons. The van der Waals surface area contributed by atoms with Gasteiger partial charge in [0, 0.05) is 71.3 Å². The van der Waals surface area contributed by atoms with Gasteiger partial charge in [-0.25, -0.2) is 47.3 Å². The molecule has 0 atom stereocenters. The zero-order valence-electron chi connectivity index (χ0n) is 34.6. The van der Waals surface area contributed by atoms with E-state index >= 15 is 0 Å². The van der Waals surface area contributed by atoms with Crippen LogP contribution in [0.2, 0.25) is 0 Å². The third kappa shape index (κ3) is 21.5. The molecule has 0 aliphatic rings. The van der Waals surface area contributed by atoms with Crippen molar-refractivity contribution < 1.29 is 47.7 Å². The fourth-order valence-electron chi connectivity index (χ4n) is 5.59. The van der Waals surface area contributed by atoms with Crippen LogP contribution in [0.5, 0.6) is 0 Å². The predicted molar refractivity (Wildman–Crippen MR) is 217 cm³/mol. The number of nitrogens with zero attached hydrogens (tertiary/aromatic N) is 3. The molecule has 3 N–H and O–H groups in total. The van der Waals surface area contributed by atoms with Gasteiger partial charge in [-0.15, -0.1) is 0 Å². The smallest absolute Gasteiger partial charge is 0.407 e. The van der Waals surface area contributed by atoms with E-state index in [1.165, 1.54) is 13.8 Å². The highest BCUT2D eigenvalue weighted by atomic mass is 16.6. The molecule has 1 aromatic rings. The highest BCUT2D eigenvalue weighted by Gasteiger charge is 2.37. The highest BCUT2D eigenvalue weighted by molar-refractivity contribution is 5.82. The fourth-order valence-corrected chi connectivity index (χ4v) is 5.59. The third-order valence-corrected chi connectivity index (χ3v) is 8.90. The van der Waals surface area contributed by atoms with Gasteiger partial charge in [0.2, 0.25) is 11.8 Å². The Labute approximate surface area is 344 Å². The number of hydrogen-bond donors (Lipinski definition) is 3. The van der Waals surface area contributed by atoms with Crippen LogP contribution in [0.15, 0.2) is 52.3 Å². The average Bonchev–Trinajstić information content (AvgIpc) is 3.21. The molecule has 0 bridgehead atoms. The summed E-state index contributed by atoms with van der Waals surface area (Å²) in [7, 11) is 0. The number of ether oxygens (including phenoxy) is 4. The summed E-state index contributed by atoms with van der Waals surface area (Å²) in [6.07, 6.45) is 9.67. The van der Waals surface area contributed by atoms with Crippen molar-refractivity contribution in [3.05, 3.63) is 69.4 Å². The second kappa shape index (κ2) is 29.5. The Morgan fingerprint density at radius 3 is 1.07 bits per heavy atom. The van der Waals surface area contributed by atoms with E-state index in [9.17, 15) is 43.2 Å². The number of amides is 3. The van der Waals surface area contributed by atoms with Crippen molar-refractivity contribution >= 4 is 35.8 Å². The van der Waals surface area contributed by atoms with Gasteiger partial charge in [0.15, 0.2) is 0 Å². The molecule has 19 nitrogen and oxygen atoms in total. The number of nitrogens with one attached hydrogen (secondary N) is 3. The van der Waals surface area contributed by atoms with Crippen LogP contribution in [0.3, 0.4) is 0 Å². The van der Waals surface area contributed by atoms with Crippen molar-refractivity contribution in [1.29, 1.82) is 0 Å². The third-order valence-electron chi connectivity index (χ3n) is 8.90. The monoisotopic (exact) mass is 834 g/mol. The minimum atomic E-state index is -1.48. The van der Waals surface area contributed by atoms with E-state index in [0.29, 0.717) is 51.6 Å². The average molecular weight is 835 g/mol. The van der Waals surface area contributed by atoms with Crippen LogP contribution in [0, 0.1) is 5.41 Å². The van der Waals surface area contributed by atoms with Crippen LogP contribution >= 0.6 is 0 Å². The van der Waals surface area contributed by atoms with E-state index in [2.05, 4.69) is 35.7 Å². The van der Waals surface area contributed by atoms with E-state index in [0.717, 1.165) is 70.5 Å². The first-order valence-corrected chi connectivity index (χ1v) is 19.9. The maximum absolute atomic E-state index is 13.4. The summed E-state index contributed by atoms with van der Waals surface area (Å²) >= 11 is 0. The molecule has 0 saturated carbocycles. The first-order chi connectivity index (χ1) is 28.2. The van der Waals surface area contributed by atoms with Crippen molar-refractivity contribution in [2.24, 2.45) is 5.41 Å². The minimum absolute atomic E-state index is 0.0895. The normalized spacial score (nSPS) is 10.8. The van der Waals surface area contributed by atoms with Crippen molar-refractivity contribution in [3.8, 4) is 0 Å². The van der Waals surface area contributed by atoms with E-state index in [-0.39, 0.29) is 38.0 Å². The van der Waals surface area contributed by atoms with Gasteiger partial charge >= 0.3 is 41.1 Å². The maximum Gasteiger partial charge on any atom is 0.407 e. The summed E-state index contributed by atoms with van der Waals surface area (Å²) in [5, 5.41) is 8.07. The number of hydrogen-bond acceptors (Lipinski definition) is 13. The van der Waals surface area contributed by atoms with Crippen molar-refractivity contribution in [1.82, 2.24) is 29.7 Å². The second-order valence-electron chi connectivity index (χ2n) is 13.9. The zero-order chi connectivity index (χ0) is 44.1. The number of alkyl carbamates (subject to hydrolysis) is 1. The molecule has 0 aliphatic heterocycles. The van der Waals surface area contributed by atoms with E-state index in [4.69, 9.17) is 18.9 Å². The molecule has 0 aliphatic carbocycles. The number of unbranched alkanes of at least 4 members (excludes halogenated alkanes) is 9. The molecule has 0 unspecified atom stereocenters. The Morgan fingerprint density at radius 1 is 0.475 bits per heavy atom. The van der Waals surface area contributed by atoms with Crippen LogP contribution < -0.4 is 33.0 Å². The largest absolute Gasteiger partial charge is 0.462 e. The SMILES string of the molecule is C=CC(=O)OCC(COC(=O)C=C)(COC(=O)C=C)COC(=O)NCCCCCCn1c(=O)n(CCCCCCNC(C)=O)c(=O)n(CCCCCCNC(C)=O)c1=O. The Morgan fingerprint density at radius 2 is 0.763 bits per heavy atom. The van der Waals surface area contributed by atoms with Crippen molar-refractivity contribution in [3.63, 3.8) is 0 Å². The Balaban J connectivity index is 2.85. The highest BCUT2D eigenvalue weighted by Crippen LogP contribution is 2.22.